The van der Waals surface area contributed by atoms with Crippen molar-refractivity contribution in [1.82, 2.24) is 0 Å². The van der Waals surface area contributed by atoms with Gasteiger partial charge in [0.15, 0.2) is 6.61 Å². The SMILES string of the molecule is O=C(O)COc1ccc(I)cc1Cl. The smallest absolute Gasteiger partial charge is 0.341 e. The molecule has 70 valence electrons. The minimum Gasteiger partial charge on any atom is -0.480 e. The molecule has 0 atom stereocenters. The lowest BCUT2D eigenvalue weighted by Gasteiger charge is -2.04. The molecular formula is C8H6ClIO3. The molecule has 0 fully saturated rings. The molecule has 0 saturated heterocycles. The standard InChI is InChI=1S/C8H6ClIO3/c9-6-3-5(10)1-2-7(6)13-4-8(11)12/h1-3H,4H2,(H,11,12). The molecule has 1 aromatic carbocycles. The molecule has 1 rings (SSSR count). The van der Waals surface area contributed by atoms with Crippen molar-refractivity contribution in [3.63, 3.8) is 0 Å². The second-order valence-corrected chi connectivity index (χ2v) is 3.91. The average molecular weight is 312 g/mol. The van der Waals surface area contributed by atoms with E-state index in [0.717, 1.165) is 3.57 Å². The molecule has 0 spiro atoms. The van der Waals surface area contributed by atoms with Crippen LogP contribution < -0.4 is 4.74 Å². The summed E-state index contributed by atoms with van der Waals surface area (Å²) in [6.07, 6.45) is 0. The number of hydrogen-bond donors (Lipinski definition) is 1. The van der Waals surface area contributed by atoms with E-state index < -0.39 is 5.97 Å². The van der Waals surface area contributed by atoms with Gasteiger partial charge in [0.1, 0.15) is 5.75 Å². The van der Waals surface area contributed by atoms with E-state index in [2.05, 4.69) is 22.6 Å². The maximum Gasteiger partial charge on any atom is 0.341 e. The molecule has 0 radical (unpaired) electrons. The van der Waals surface area contributed by atoms with Crippen molar-refractivity contribution in [2.24, 2.45) is 0 Å². The van der Waals surface area contributed by atoms with E-state index >= 15 is 0 Å². The number of halogens is 2. The van der Waals surface area contributed by atoms with Crippen LogP contribution in [0.15, 0.2) is 18.2 Å². The summed E-state index contributed by atoms with van der Waals surface area (Å²) in [5.74, 6) is -0.626. The van der Waals surface area contributed by atoms with Crippen molar-refractivity contribution < 1.29 is 14.6 Å². The Morgan fingerprint density at radius 1 is 1.62 bits per heavy atom. The van der Waals surface area contributed by atoms with Crippen molar-refractivity contribution in [3.8, 4) is 5.75 Å². The van der Waals surface area contributed by atoms with Gasteiger partial charge in [-0.1, -0.05) is 11.6 Å². The van der Waals surface area contributed by atoms with Crippen LogP contribution in [0.4, 0.5) is 0 Å². The summed E-state index contributed by atoms with van der Waals surface area (Å²) < 4.78 is 5.90. The maximum absolute atomic E-state index is 10.2. The third kappa shape index (κ3) is 3.40. The summed E-state index contributed by atoms with van der Waals surface area (Å²) in [6.45, 7) is -0.375. The molecule has 0 unspecified atom stereocenters. The van der Waals surface area contributed by atoms with Crippen LogP contribution in [0.2, 0.25) is 5.02 Å². The summed E-state index contributed by atoms with van der Waals surface area (Å²) in [4.78, 5) is 10.2. The summed E-state index contributed by atoms with van der Waals surface area (Å²) in [7, 11) is 0. The molecule has 0 bridgehead atoms. The highest BCUT2D eigenvalue weighted by Gasteiger charge is 2.03. The molecule has 0 aliphatic rings. The highest BCUT2D eigenvalue weighted by Crippen LogP contribution is 2.25. The molecule has 0 aliphatic heterocycles. The predicted molar refractivity (Wildman–Crippen MR) is 57.3 cm³/mol. The van der Waals surface area contributed by atoms with E-state index in [-0.39, 0.29) is 6.61 Å². The van der Waals surface area contributed by atoms with Gasteiger partial charge in [-0.2, -0.15) is 0 Å². The minimum atomic E-state index is -1.02. The Hall–Kier alpha value is -0.490. The fraction of sp³-hybridized carbons (Fsp3) is 0.125. The van der Waals surface area contributed by atoms with Crippen molar-refractivity contribution >= 4 is 40.2 Å². The largest absolute Gasteiger partial charge is 0.480 e. The lowest BCUT2D eigenvalue weighted by atomic mass is 10.3. The van der Waals surface area contributed by atoms with Crippen LogP contribution in [0, 0.1) is 3.57 Å². The third-order valence-electron chi connectivity index (χ3n) is 1.25. The Bertz CT molecular complexity index is 327. The van der Waals surface area contributed by atoms with Gasteiger partial charge in [-0.3, -0.25) is 0 Å². The number of carboxylic acid groups (broad SMARTS) is 1. The van der Waals surface area contributed by atoms with Crippen LogP contribution in [0.1, 0.15) is 0 Å². The van der Waals surface area contributed by atoms with Gasteiger partial charge < -0.3 is 9.84 Å². The molecule has 3 nitrogen and oxygen atoms in total. The first-order valence-electron chi connectivity index (χ1n) is 3.39. The topological polar surface area (TPSA) is 46.5 Å². The first-order chi connectivity index (χ1) is 6.09. The zero-order valence-electron chi connectivity index (χ0n) is 6.46. The normalized spacial score (nSPS) is 9.69. The number of benzene rings is 1. The van der Waals surface area contributed by atoms with Crippen molar-refractivity contribution in [2.75, 3.05) is 6.61 Å². The van der Waals surface area contributed by atoms with E-state index in [1.807, 2.05) is 0 Å². The van der Waals surface area contributed by atoms with Gasteiger partial charge in [0.05, 0.1) is 5.02 Å². The number of rotatable bonds is 3. The monoisotopic (exact) mass is 312 g/mol. The number of aliphatic carboxylic acids is 1. The Morgan fingerprint density at radius 3 is 2.85 bits per heavy atom. The molecule has 13 heavy (non-hydrogen) atoms. The summed E-state index contributed by atoms with van der Waals surface area (Å²) >= 11 is 7.90. The van der Waals surface area contributed by atoms with Crippen LogP contribution >= 0.6 is 34.2 Å². The van der Waals surface area contributed by atoms with Crippen molar-refractivity contribution in [2.45, 2.75) is 0 Å². The van der Waals surface area contributed by atoms with E-state index in [1.54, 1.807) is 18.2 Å². The molecule has 1 aromatic rings. The van der Waals surface area contributed by atoms with Crippen molar-refractivity contribution in [3.05, 3.63) is 26.8 Å². The number of ether oxygens (including phenoxy) is 1. The lowest BCUT2D eigenvalue weighted by Crippen LogP contribution is -2.09. The first-order valence-corrected chi connectivity index (χ1v) is 4.85. The van der Waals surface area contributed by atoms with Gasteiger partial charge in [0.25, 0.3) is 0 Å². The van der Waals surface area contributed by atoms with E-state index in [4.69, 9.17) is 21.4 Å². The first kappa shape index (κ1) is 10.6. The van der Waals surface area contributed by atoms with Gasteiger partial charge in [0, 0.05) is 3.57 Å². The van der Waals surface area contributed by atoms with Crippen LogP contribution in [-0.2, 0) is 4.79 Å². The molecule has 0 aromatic heterocycles. The van der Waals surface area contributed by atoms with Gasteiger partial charge in [-0.25, -0.2) is 4.79 Å². The number of carboxylic acids is 1. The Balaban J connectivity index is 2.72. The summed E-state index contributed by atoms with van der Waals surface area (Å²) in [6, 6.07) is 5.15. The van der Waals surface area contributed by atoms with Gasteiger partial charge in [-0.05, 0) is 40.8 Å². The van der Waals surface area contributed by atoms with Crippen LogP contribution in [-0.4, -0.2) is 17.7 Å². The third-order valence-corrected chi connectivity index (χ3v) is 2.21. The van der Waals surface area contributed by atoms with Crippen LogP contribution in [0.25, 0.3) is 0 Å². The fourth-order valence-corrected chi connectivity index (χ4v) is 1.64. The molecule has 0 heterocycles. The molecular weight excluding hydrogens is 306 g/mol. The quantitative estimate of drug-likeness (QED) is 0.872. The van der Waals surface area contributed by atoms with Crippen LogP contribution in [0.3, 0.4) is 0 Å². The van der Waals surface area contributed by atoms with Gasteiger partial charge >= 0.3 is 5.97 Å². The van der Waals surface area contributed by atoms with Gasteiger partial charge in [0.2, 0.25) is 0 Å². The molecule has 5 heteroatoms. The molecule has 0 saturated carbocycles. The lowest BCUT2D eigenvalue weighted by molar-refractivity contribution is -0.139. The molecule has 0 aliphatic carbocycles. The number of carbonyl (C=O) groups is 1. The highest BCUT2D eigenvalue weighted by molar-refractivity contribution is 14.1. The van der Waals surface area contributed by atoms with E-state index in [9.17, 15) is 4.79 Å². The van der Waals surface area contributed by atoms with Gasteiger partial charge in [-0.15, -0.1) is 0 Å². The zero-order chi connectivity index (χ0) is 9.84. The summed E-state index contributed by atoms with van der Waals surface area (Å²) in [5.41, 5.74) is 0. The fourth-order valence-electron chi connectivity index (χ4n) is 0.732. The molecule has 0 amide bonds. The average Bonchev–Trinajstić information content (AvgIpc) is 2.02. The Labute approximate surface area is 93.8 Å². The maximum atomic E-state index is 10.2. The van der Waals surface area contributed by atoms with E-state index in [0.29, 0.717) is 10.8 Å². The zero-order valence-corrected chi connectivity index (χ0v) is 9.37. The van der Waals surface area contributed by atoms with Crippen molar-refractivity contribution in [1.29, 1.82) is 0 Å². The second-order valence-electron chi connectivity index (χ2n) is 2.26. The summed E-state index contributed by atoms with van der Waals surface area (Å²) in [5, 5.41) is 8.77. The Kier molecular flexibility index (Phi) is 3.80. The Morgan fingerprint density at radius 2 is 2.31 bits per heavy atom. The minimum absolute atomic E-state index is 0.375. The number of hydrogen-bond acceptors (Lipinski definition) is 2. The van der Waals surface area contributed by atoms with Crippen LogP contribution in [0.5, 0.6) is 5.75 Å². The van der Waals surface area contributed by atoms with E-state index in [1.165, 1.54) is 0 Å². The highest BCUT2D eigenvalue weighted by atomic mass is 127. The predicted octanol–water partition coefficient (Wildman–Crippen LogP) is 2.41. The second kappa shape index (κ2) is 4.66. The molecule has 1 N–H and O–H groups in total.